The zero-order valence-corrected chi connectivity index (χ0v) is 13.1. The van der Waals surface area contributed by atoms with E-state index >= 15 is 0 Å². The van der Waals surface area contributed by atoms with Crippen molar-refractivity contribution in [2.75, 3.05) is 0 Å². The molecule has 0 aliphatic heterocycles. The fourth-order valence-electron chi connectivity index (χ4n) is 1.49. The van der Waals surface area contributed by atoms with E-state index in [9.17, 15) is 9.90 Å². The first-order valence-corrected chi connectivity index (χ1v) is 7.10. The second-order valence-electron chi connectivity index (χ2n) is 3.88. The molecule has 0 aromatic heterocycles. The molecule has 6 heteroatoms. The lowest BCUT2D eigenvalue weighted by Crippen LogP contribution is -2.17. The van der Waals surface area contributed by atoms with Gasteiger partial charge in [0.1, 0.15) is 5.75 Å². The van der Waals surface area contributed by atoms with Gasteiger partial charge in [-0.05, 0) is 46.9 Å². The number of hydrogen-bond acceptors (Lipinski definition) is 3. The zero-order valence-electron chi connectivity index (χ0n) is 10.2. The van der Waals surface area contributed by atoms with Crippen molar-refractivity contribution in [3.8, 4) is 5.75 Å². The molecule has 0 saturated carbocycles. The van der Waals surface area contributed by atoms with Crippen LogP contribution in [0.25, 0.3) is 0 Å². The van der Waals surface area contributed by atoms with E-state index in [0.29, 0.717) is 10.6 Å². The summed E-state index contributed by atoms with van der Waals surface area (Å²) in [6.45, 7) is 0. The summed E-state index contributed by atoms with van der Waals surface area (Å²) in [6, 6.07) is 11.9. The SMILES string of the molecule is O=C(NN=Cc1ccccc1Cl)c1cc(I)ccc1O. The lowest BCUT2D eigenvalue weighted by atomic mass is 10.2. The number of benzene rings is 2. The molecule has 2 rings (SSSR count). The Bertz CT molecular complexity index is 674. The first kappa shape index (κ1) is 14.8. The number of carbonyl (C=O) groups excluding carboxylic acids is 1. The number of halogens is 2. The molecule has 2 aromatic rings. The fraction of sp³-hybridized carbons (Fsp3) is 0. The van der Waals surface area contributed by atoms with Crippen LogP contribution < -0.4 is 5.43 Å². The maximum absolute atomic E-state index is 11.9. The molecule has 0 atom stereocenters. The van der Waals surface area contributed by atoms with Gasteiger partial charge >= 0.3 is 0 Å². The van der Waals surface area contributed by atoms with Gasteiger partial charge in [0.2, 0.25) is 0 Å². The smallest absolute Gasteiger partial charge is 0.275 e. The van der Waals surface area contributed by atoms with Crippen molar-refractivity contribution < 1.29 is 9.90 Å². The highest BCUT2D eigenvalue weighted by Crippen LogP contribution is 2.19. The third kappa shape index (κ3) is 3.71. The number of aromatic hydroxyl groups is 1. The van der Waals surface area contributed by atoms with E-state index in [1.54, 1.807) is 24.3 Å². The lowest BCUT2D eigenvalue weighted by molar-refractivity contribution is 0.0952. The van der Waals surface area contributed by atoms with Gasteiger partial charge in [0, 0.05) is 14.2 Å². The monoisotopic (exact) mass is 400 g/mol. The van der Waals surface area contributed by atoms with Crippen LogP contribution in [0, 0.1) is 3.57 Å². The molecule has 2 aromatic carbocycles. The Kier molecular flexibility index (Phi) is 4.97. The number of hydrazone groups is 1. The van der Waals surface area contributed by atoms with Gasteiger partial charge in [-0.25, -0.2) is 5.43 Å². The highest BCUT2D eigenvalue weighted by Gasteiger charge is 2.10. The van der Waals surface area contributed by atoms with Crippen LogP contribution in [-0.2, 0) is 0 Å². The molecule has 0 radical (unpaired) electrons. The molecule has 0 unspecified atom stereocenters. The van der Waals surface area contributed by atoms with Crippen LogP contribution in [0.1, 0.15) is 15.9 Å². The summed E-state index contributed by atoms with van der Waals surface area (Å²) in [5, 5.41) is 14.0. The van der Waals surface area contributed by atoms with Gasteiger partial charge in [0.25, 0.3) is 5.91 Å². The minimum Gasteiger partial charge on any atom is -0.507 e. The van der Waals surface area contributed by atoms with Crippen LogP contribution in [0.2, 0.25) is 5.02 Å². The molecule has 0 aliphatic carbocycles. The molecule has 0 aliphatic rings. The van der Waals surface area contributed by atoms with Gasteiger partial charge in [0.15, 0.2) is 0 Å². The molecular formula is C14H10ClIN2O2. The molecule has 0 saturated heterocycles. The first-order chi connectivity index (χ1) is 9.58. The summed E-state index contributed by atoms with van der Waals surface area (Å²) < 4.78 is 0.848. The Labute approximate surface area is 134 Å². The molecule has 1 amide bonds. The average Bonchev–Trinajstić information content (AvgIpc) is 2.43. The van der Waals surface area contributed by atoms with Gasteiger partial charge in [-0.15, -0.1) is 0 Å². The third-order valence-corrected chi connectivity index (χ3v) is 3.49. The van der Waals surface area contributed by atoms with Crippen molar-refractivity contribution in [2.24, 2.45) is 5.10 Å². The summed E-state index contributed by atoms with van der Waals surface area (Å²) in [5.74, 6) is -0.569. The Morgan fingerprint density at radius 3 is 2.80 bits per heavy atom. The van der Waals surface area contributed by atoms with Gasteiger partial charge in [-0.1, -0.05) is 29.8 Å². The van der Waals surface area contributed by atoms with Crippen molar-refractivity contribution in [2.45, 2.75) is 0 Å². The molecule has 0 fully saturated rings. The quantitative estimate of drug-likeness (QED) is 0.471. The highest BCUT2D eigenvalue weighted by atomic mass is 127. The summed E-state index contributed by atoms with van der Waals surface area (Å²) in [5.41, 5.74) is 3.22. The molecular weight excluding hydrogens is 391 g/mol. The van der Waals surface area contributed by atoms with Gasteiger partial charge in [-0.2, -0.15) is 5.10 Å². The number of rotatable bonds is 3. The molecule has 4 nitrogen and oxygen atoms in total. The average molecular weight is 401 g/mol. The number of nitrogens with zero attached hydrogens (tertiary/aromatic N) is 1. The van der Waals surface area contributed by atoms with E-state index in [1.807, 2.05) is 12.1 Å². The van der Waals surface area contributed by atoms with Crippen molar-refractivity contribution in [1.82, 2.24) is 5.43 Å². The normalized spacial score (nSPS) is 10.7. The highest BCUT2D eigenvalue weighted by molar-refractivity contribution is 14.1. The number of hydrogen-bond donors (Lipinski definition) is 2. The van der Waals surface area contributed by atoms with Crippen LogP contribution in [0.4, 0.5) is 0 Å². The first-order valence-electron chi connectivity index (χ1n) is 5.64. The second kappa shape index (κ2) is 6.71. The van der Waals surface area contributed by atoms with Crippen LogP contribution in [0.15, 0.2) is 47.6 Å². The summed E-state index contributed by atoms with van der Waals surface area (Å²) in [7, 11) is 0. The molecule has 20 heavy (non-hydrogen) atoms. The van der Waals surface area contributed by atoms with Gasteiger partial charge in [-0.3, -0.25) is 4.79 Å². The van der Waals surface area contributed by atoms with E-state index in [4.69, 9.17) is 11.6 Å². The van der Waals surface area contributed by atoms with Crippen molar-refractivity contribution in [3.63, 3.8) is 0 Å². The van der Waals surface area contributed by atoms with Gasteiger partial charge < -0.3 is 5.11 Å². The van der Waals surface area contributed by atoms with Crippen LogP contribution in [-0.4, -0.2) is 17.2 Å². The molecule has 0 heterocycles. The topological polar surface area (TPSA) is 61.7 Å². The van der Waals surface area contributed by atoms with E-state index in [-0.39, 0.29) is 11.3 Å². The Morgan fingerprint density at radius 1 is 1.30 bits per heavy atom. The Morgan fingerprint density at radius 2 is 2.05 bits per heavy atom. The van der Waals surface area contributed by atoms with E-state index in [2.05, 4.69) is 33.1 Å². The zero-order chi connectivity index (χ0) is 14.5. The molecule has 2 N–H and O–H groups in total. The van der Waals surface area contributed by atoms with Crippen molar-refractivity contribution >= 4 is 46.3 Å². The minimum absolute atomic E-state index is 0.0872. The lowest BCUT2D eigenvalue weighted by Gasteiger charge is -2.03. The minimum atomic E-state index is -0.482. The maximum atomic E-state index is 11.9. The number of carbonyl (C=O) groups is 1. The fourth-order valence-corrected chi connectivity index (χ4v) is 2.17. The Hall–Kier alpha value is -1.60. The van der Waals surface area contributed by atoms with Crippen molar-refractivity contribution in [3.05, 3.63) is 62.2 Å². The van der Waals surface area contributed by atoms with Crippen LogP contribution in [0.3, 0.4) is 0 Å². The molecule has 0 spiro atoms. The maximum Gasteiger partial charge on any atom is 0.275 e. The van der Waals surface area contributed by atoms with Crippen molar-refractivity contribution in [1.29, 1.82) is 0 Å². The van der Waals surface area contributed by atoms with Gasteiger partial charge in [0.05, 0.1) is 11.8 Å². The largest absolute Gasteiger partial charge is 0.507 e. The molecule has 102 valence electrons. The summed E-state index contributed by atoms with van der Waals surface area (Å²) >= 11 is 8.02. The second-order valence-corrected chi connectivity index (χ2v) is 5.53. The standard InChI is InChI=1S/C14H10ClIN2O2/c15-12-4-2-1-3-9(12)8-17-18-14(20)11-7-10(16)5-6-13(11)19/h1-8,19H,(H,18,20). The number of phenolic OH excluding ortho intramolecular Hbond substituents is 1. The summed E-state index contributed by atoms with van der Waals surface area (Å²) in [4.78, 5) is 11.9. The summed E-state index contributed by atoms with van der Waals surface area (Å²) in [6.07, 6.45) is 1.45. The predicted molar refractivity (Wildman–Crippen MR) is 87.3 cm³/mol. The van der Waals surface area contributed by atoms with E-state index in [1.165, 1.54) is 12.3 Å². The number of phenols is 1. The van der Waals surface area contributed by atoms with E-state index < -0.39 is 5.91 Å². The number of nitrogens with one attached hydrogen (secondary N) is 1. The predicted octanol–water partition coefficient (Wildman–Crippen LogP) is 3.41. The third-order valence-electron chi connectivity index (χ3n) is 2.48. The van der Waals surface area contributed by atoms with E-state index in [0.717, 1.165) is 3.57 Å². The van der Waals surface area contributed by atoms with Crippen LogP contribution >= 0.6 is 34.2 Å². The van der Waals surface area contributed by atoms with Crippen LogP contribution in [0.5, 0.6) is 5.75 Å². The Balaban J connectivity index is 2.09. The number of amides is 1. The molecule has 0 bridgehead atoms.